The lowest BCUT2D eigenvalue weighted by Crippen LogP contribution is -2.24. The summed E-state index contributed by atoms with van der Waals surface area (Å²) in [5.74, 6) is 0. The highest BCUT2D eigenvalue weighted by Gasteiger charge is 2.16. The number of rotatable bonds is 6. The van der Waals surface area contributed by atoms with E-state index in [1.807, 2.05) is 6.92 Å². The molecular weight excluding hydrogens is 240 g/mol. The summed E-state index contributed by atoms with van der Waals surface area (Å²) in [6.45, 7) is 2.35. The molecule has 0 saturated heterocycles. The van der Waals surface area contributed by atoms with Gasteiger partial charge in [0.05, 0.1) is 10.6 Å². The quantitative estimate of drug-likeness (QED) is 0.365. The van der Waals surface area contributed by atoms with E-state index in [9.17, 15) is 8.42 Å². The van der Waals surface area contributed by atoms with E-state index in [1.54, 1.807) is 12.1 Å². The van der Waals surface area contributed by atoms with E-state index in [0.29, 0.717) is 6.54 Å². The van der Waals surface area contributed by atoms with Gasteiger partial charge in [0, 0.05) is 11.5 Å². The smallest absolute Gasteiger partial charge is 0.211 e. The van der Waals surface area contributed by atoms with E-state index < -0.39 is 10.0 Å². The highest BCUT2D eigenvalue weighted by Crippen LogP contribution is 2.23. The maximum absolute atomic E-state index is 11.9. The molecule has 0 fully saturated rings. The second kappa shape index (κ2) is 6.24. The van der Waals surface area contributed by atoms with Crippen LogP contribution in [0.2, 0.25) is 0 Å². The number of nitrogens with one attached hydrogen (secondary N) is 1. The molecule has 0 atom stereocenters. The highest BCUT2D eigenvalue weighted by molar-refractivity contribution is 7.89. The van der Waals surface area contributed by atoms with Crippen LogP contribution in [-0.4, -0.2) is 15.0 Å². The highest BCUT2D eigenvalue weighted by atomic mass is 32.2. The maximum Gasteiger partial charge on any atom is 0.241 e. The van der Waals surface area contributed by atoms with Crippen molar-refractivity contribution in [3.05, 3.63) is 34.7 Å². The summed E-state index contributed by atoms with van der Waals surface area (Å²) in [6.07, 6.45) is 1.67. The fourth-order valence-electron chi connectivity index (χ4n) is 1.28. The Bertz CT molecular complexity index is 521. The lowest BCUT2D eigenvalue weighted by molar-refractivity contribution is 0.578. The summed E-state index contributed by atoms with van der Waals surface area (Å²) in [5.41, 5.74) is 8.48. The molecule has 0 aromatic heterocycles. The number of unbranched alkanes of at least 4 members (excludes halogenated alkanes) is 1. The lowest BCUT2D eigenvalue weighted by atomic mass is 10.3. The van der Waals surface area contributed by atoms with Crippen LogP contribution >= 0.6 is 0 Å². The molecule has 1 aromatic carbocycles. The van der Waals surface area contributed by atoms with Gasteiger partial charge in [-0.2, -0.15) is 0 Å². The van der Waals surface area contributed by atoms with Gasteiger partial charge in [-0.25, -0.2) is 13.1 Å². The summed E-state index contributed by atoms with van der Waals surface area (Å²) in [6, 6.07) is 6.09. The second-order valence-electron chi connectivity index (χ2n) is 3.41. The van der Waals surface area contributed by atoms with Gasteiger partial charge in [-0.05, 0) is 18.0 Å². The minimum absolute atomic E-state index is 0.00824. The van der Waals surface area contributed by atoms with E-state index in [2.05, 4.69) is 14.7 Å². The number of sulfonamides is 1. The van der Waals surface area contributed by atoms with Gasteiger partial charge in [0.15, 0.2) is 0 Å². The Morgan fingerprint density at radius 2 is 2.12 bits per heavy atom. The van der Waals surface area contributed by atoms with Crippen LogP contribution in [0.25, 0.3) is 10.4 Å². The molecule has 0 aliphatic rings. The zero-order chi connectivity index (χ0) is 12.7. The van der Waals surface area contributed by atoms with Crippen molar-refractivity contribution in [3.63, 3.8) is 0 Å². The molecule has 92 valence electrons. The largest absolute Gasteiger partial charge is 0.241 e. The van der Waals surface area contributed by atoms with Gasteiger partial charge in [0.2, 0.25) is 10.0 Å². The average Bonchev–Trinajstić information content (AvgIpc) is 2.30. The zero-order valence-electron chi connectivity index (χ0n) is 9.50. The van der Waals surface area contributed by atoms with Gasteiger partial charge in [0.1, 0.15) is 0 Å². The average molecular weight is 254 g/mol. The van der Waals surface area contributed by atoms with E-state index in [1.165, 1.54) is 12.1 Å². The molecule has 1 rings (SSSR count). The van der Waals surface area contributed by atoms with Crippen molar-refractivity contribution in [3.8, 4) is 0 Å². The van der Waals surface area contributed by atoms with Crippen LogP contribution in [0, 0.1) is 0 Å². The van der Waals surface area contributed by atoms with Gasteiger partial charge in [-0.15, -0.1) is 0 Å². The molecule has 0 aliphatic heterocycles. The fourth-order valence-corrected chi connectivity index (χ4v) is 2.49. The summed E-state index contributed by atoms with van der Waals surface area (Å²) < 4.78 is 26.3. The van der Waals surface area contributed by atoms with Gasteiger partial charge in [-0.3, -0.25) is 0 Å². The normalized spacial score (nSPS) is 10.9. The lowest BCUT2D eigenvalue weighted by Gasteiger charge is -2.07. The van der Waals surface area contributed by atoms with Crippen molar-refractivity contribution in [1.29, 1.82) is 0 Å². The predicted octanol–water partition coefficient (Wildman–Crippen LogP) is 2.71. The molecule has 0 aliphatic carbocycles. The molecule has 0 unspecified atom stereocenters. The van der Waals surface area contributed by atoms with Crippen molar-refractivity contribution in [2.45, 2.75) is 24.7 Å². The van der Waals surface area contributed by atoms with Gasteiger partial charge < -0.3 is 0 Å². The molecule has 1 aromatic rings. The molecule has 1 N–H and O–H groups in total. The number of benzene rings is 1. The van der Waals surface area contributed by atoms with Crippen LogP contribution in [0.4, 0.5) is 5.69 Å². The minimum Gasteiger partial charge on any atom is -0.211 e. The van der Waals surface area contributed by atoms with Crippen LogP contribution in [0.3, 0.4) is 0 Å². The minimum atomic E-state index is -3.60. The Balaban J connectivity index is 3.02. The van der Waals surface area contributed by atoms with Gasteiger partial charge in [-0.1, -0.05) is 36.7 Å². The molecule has 7 heteroatoms. The van der Waals surface area contributed by atoms with E-state index >= 15 is 0 Å². The number of hydrogen-bond acceptors (Lipinski definition) is 3. The van der Waals surface area contributed by atoms with Crippen LogP contribution in [0.5, 0.6) is 0 Å². The van der Waals surface area contributed by atoms with Crippen molar-refractivity contribution in [1.82, 2.24) is 4.72 Å². The summed E-state index contributed by atoms with van der Waals surface area (Å²) in [4.78, 5) is 2.62. The Morgan fingerprint density at radius 3 is 2.76 bits per heavy atom. The van der Waals surface area contributed by atoms with Crippen molar-refractivity contribution >= 4 is 15.7 Å². The van der Waals surface area contributed by atoms with Crippen molar-refractivity contribution in [2.24, 2.45) is 5.11 Å². The fraction of sp³-hybridized carbons (Fsp3) is 0.400. The molecule has 0 heterocycles. The maximum atomic E-state index is 11.9. The standard InChI is InChI=1S/C10H14N4O2S/c1-2-3-8-12-17(15,16)10-7-5-4-6-9(10)13-14-11/h4-7,12H,2-3,8H2,1H3. The van der Waals surface area contributed by atoms with Crippen LogP contribution in [0.1, 0.15) is 19.8 Å². The first-order valence-corrected chi connectivity index (χ1v) is 6.74. The Hall–Kier alpha value is -1.56. The zero-order valence-corrected chi connectivity index (χ0v) is 10.3. The monoisotopic (exact) mass is 254 g/mol. The topological polar surface area (TPSA) is 94.9 Å². The van der Waals surface area contributed by atoms with E-state index in [-0.39, 0.29) is 10.6 Å². The number of hydrogen-bond donors (Lipinski definition) is 1. The van der Waals surface area contributed by atoms with Crippen LogP contribution in [-0.2, 0) is 10.0 Å². The number of nitrogens with zero attached hydrogens (tertiary/aromatic N) is 3. The Labute approximate surface area is 100 Å². The first-order valence-electron chi connectivity index (χ1n) is 5.25. The van der Waals surface area contributed by atoms with Crippen molar-refractivity contribution in [2.75, 3.05) is 6.54 Å². The molecular formula is C10H14N4O2S. The van der Waals surface area contributed by atoms with Crippen molar-refractivity contribution < 1.29 is 8.42 Å². The Kier molecular flexibility index (Phi) is 4.96. The third-order valence-electron chi connectivity index (χ3n) is 2.13. The van der Waals surface area contributed by atoms with Crippen LogP contribution in [0.15, 0.2) is 34.3 Å². The summed E-state index contributed by atoms with van der Waals surface area (Å²) in [7, 11) is -3.60. The second-order valence-corrected chi connectivity index (χ2v) is 5.14. The SMILES string of the molecule is CCCCNS(=O)(=O)c1ccccc1N=[N+]=[N-]. The number of azide groups is 1. The van der Waals surface area contributed by atoms with E-state index in [4.69, 9.17) is 5.53 Å². The van der Waals surface area contributed by atoms with E-state index in [0.717, 1.165) is 12.8 Å². The molecule has 0 saturated carbocycles. The van der Waals surface area contributed by atoms with Crippen LogP contribution < -0.4 is 4.72 Å². The third kappa shape index (κ3) is 3.74. The third-order valence-corrected chi connectivity index (χ3v) is 3.64. The first-order chi connectivity index (χ1) is 8.11. The first kappa shape index (κ1) is 13.5. The Morgan fingerprint density at radius 1 is 1.41 bits per heavy atom. The molecule has 0 amide bonds. The van der Waals surface area contributed by atoms with Gasteiger partial charge >= 0.3 is 0 Å². The molecule has 0 bridgehead atoms. The van der Waals surface area contributed by atoms with Gasteiger partial charge in [0.25, 0.3) is 0 Å². The molecule has 0 spiro atoms. The summed E-state index contributed by atoms with van der Waals surface area (Å²) in [5, 5.41) is 3.36. The molecule has 17 heavy (non-hydrogen) atoms. The predicted molar refractivity (Wildman–Crippen MR) is 65.3 cm³/mol. The summed E-state index contributed by atoms with van der Waals surface area (Å²) >= 11 is 0. The molecule has 0 radical (unpaired) electrons. The molecule has 6 nitrogen and oxygen atoms in total.